The molecule has 1 heterocycles. The van der Waals surface area contributed by atoms with Gasteiger partial charge < -0.3 is 5.73 Å². The van der Waals surface area contributed by atoms with Crippen LogP contribution < -0.4 is 5.73 Å². The number of nitrogens with zero attached hydrogens (tertiary/aromatic N) is 2. The van der Waals surface area contributed by atoms with E-state index in [-0.39, 0.29) is 18.4 Å². The maximum absolute atomic E-state index is 5.46. The van der Waals surface area contributed by atoms with Crippen LogP contribution in [-0.4, -0.2) is 9.59 Å². The van der Waals surface area contributed by atoms with E-state index in [1.807, 2.05) is 12.3 Å². The van der Waals surface area contributed by atoms with E-state index in [2.05, 4.69) is 9.59 Å². The second-order valence-corrected chi connectivity index (χ2v) is 2.23. The number of nitrogens with two attached hydrogens (primary N) is 1. The Morgan fingerprint density at radius 1 is 1.78 bits per heavy atom. The minimum Gasteiger partial charge on any atom is -0.323 e. The third-order valence-electron chi connectivity index (χ3n) is 0.843. The van der Waals surface area contributed by atoms with Crippen molar-refractivity contribution in [2.24, 2.45) is 5.73 Å². The average molecular weight is 166 g/mol. The number of hydrogen-bond acceptors (Lipinski definition) is 4. The van der Waals surface area contributed by atoms with Crippen molar-refractivity contribution in [1.82, 2.24) is 9.59 Å². The van der Waals surface area contributed by atoms with Crippen LogP contribution in [0.1, 0.15) is 18.7 Å². The van der Waals surface area contributed by atoms with Crippen molar-refractivity contribution in [3.05, 3.63) is 11.1 Å². The molecule has 0 aliphatic rings. The fourth-order valence-corrected chi connectivity index (χ4v) is 0.929. The highest BCUT2D eigenvalue weighted by Crippen LogP contribution is 2.04. The lowest BCUT2D eigenvalue weighted by atomic mass is 10.3. The Labute approximate surface area is 63.8 Å². The van der Waals surface area contributed by atoms with Gasteiger partial charge in [0.1, 0.15) is 0 Å². The summed E-state index contributed by atoms with van der Waals surface area (Å²) in [4.78, 5) is 0. The summed E-state index contributed by atoms with van der Waals surface area (Å²) in [7, 11) is 0. The van der Waals surface area contributed by atoms with Crippen molar-refractivity contribution in [3.63, 3.8) is 0 Å². The van der Waals surface area contributed by atoms with Crippen LogP contribution in [0.4, 0.5) is 0 Å². The molecule has 0 fully saturated rings. The van der Waals surface area contributed by atoms with Gasteiger partial charge in [-0.2, -0.15) is 0 Å². The predicted octanol–water partition coefficient (Wildman–Crippen LogP) is 0.980. The SMILES string of the molecule is CC(N)c1csnn1.Cl. The van der Waals surface area contributed by atoms with Crippen LogP contribution >= 0.6 is 23.9 Å². The zero-order chi connectivity index (χ0) is 5.98. The monoisotopic (exact) mass is 165 g/mol. The first-order valence-corrected chi connectivity index (χ1v) is 3.17. The van der Waals surface area contributed by atoms with Crippen molar-refractivity contribution in [1.29, 1.82) is 0 Å². The lowest BCUT2D eigenvalue weighted by Gasteiger charge is -1.93. The minimum absolute atomic E-state index is 0. The molecule has 9 heavy (non-hydrogen) atoms. The second kappa shape index (κ2) is 3.76. The van der Waals surface area contributed by atoms with Gasteiger partial charge in [0.25, 0.3) is 0 Å². The van der Waals surface area contributed by atoms with E-state index < -0.39 is 0 Å². The first-order valence-electron chi connectivity index (χ1n) is 2.33. The van der Waals surface area contributed by atoms with E-state index in [0.717, 1.165) is 5.69 Å². The standard InChI is InChI=1S/C4H7N3S.ClH/c1-3(5)4-2-8-7-6-4;/h2-3H,5H2,1H3;1H. The van der Waals surface area contributed by atoms with Gasteiger partial charge in [-0.1, -0.05) is 4.49 Å². The van der Waals surface area contributed by atoms with Crippen LogP contribution in [0.25, 0.3) is 0 Å². The van der Waals surface area contributed by atoms with Gasteiger partial charge in [0.2, 0.25) is 0 Å². The van der Waals surface area contributed by atoms with Gasteiger partial charge in [-0.3, -0.25) is 0 Å². The molecule has 0 saturated carbocycles. The van der Waals surface area contributed by atoms with E-state index in [4.69, 9.17) is 5.73 Å². The fraction of sp³-hybridized carbons (Fsp3) is 0.500. The Hall–Kier alpha value is -0.190. The molecule has 0 radical (unpaired) electrons. The maximum atomic E-state index is 5.46. The molecular weight excluding hydrogens is 158 g/mol. The maximum Gasteiger partial charge on any atom is 0.0919 e. The van der Waals surface area contributed by atoms with Gasteiger partial charge in [0.15, 0.2) is 0 Å². The van der Waals surface area contributed by atoms with Crippen LogP contribution in [0.2, 0.25) is 0 Å². The van der Waals surface area contributed by atoms with Crippen LogP contribution in [-0.2, 0) is 0 Å². The zero-order valence-corrected chi connectivity index (χ0v) is 6.58. The molecule has 1 rings (SSSR count). The van der Waals surface area contributed by atoms with Gasteiger partial charge in [0.05, 0.1) is 5.69 Å². The largest absolute Gasteiger partial charge is 0.323 e. The summed E-state index contributed by atoms with van der Waals surface area (Å²) in [5, 5.41) is 5.61. The van der Waals surface area contributed by atoms with Crippen LogP contribution in [0.5, 0.6) is 0 Å². The van der Waals surface area contributed by atoms with Gasteiger partial charge in [-0.25, -0.2) is 0 Å². The normalized spacial score (nSPS) is 12.2. The van der Waals surface area contributed by atoms with Crippen LogP contribution in [0, 0.1) is 0 Å². The second-order valence-electron chi connectivity index (χ2n) is 1.62. The summed E-state index contributed by atoms with van der Waals surface area (Å²) in [5.41, 5.74) is 6.33. The molecule has 0 spiro atoms. The molecule has 0 aliphatic heterocycles. The molecule has 1 unspecified atom stereocenters. The van der Waals surface area contributed by atoms with Gasteiger partial charge in [-0.15, -0.1) is 17.5 Å². The van der Waals surface area contributed by atoms with Gasteiger partial charge in [0, 0.05) is 11.4 Å². The van der Waals surface area contributed by atoms with E-state index in [1.165, 1.54) is 11.5 Å². The Kier molecular flexibility index (Phi) is 3.68. The Morgan fingerprint density at radius 2 is 2.44 bits per heavy atom. The van der Waals surface area contributed by atoms with Crippen molar-refractivity contribution in [2.45, 2.75) is 13.0 Å². The molecule has 5 heteroatoms. The topological polar surface area (TPSA) is 51.8 Å². The smallest absolute Gasteiger partial charge is 0.0919 e. The lowest BCUT2D eigenvalue weighted by molar-refractivity contribution is 0.773. The molecule has 52 valence electrons. The lowest BCUT2D eigenvalue weighted by Crippen LogP contribution is -2.04. The average Bonchev–Trinajstić information content (AvgIpc) is 2.12. The Morgan fingerprint density at radius 3 is 2.67 bits per heavy atom. The summed E-state index contributed by atoms with van der Waals surface area (Å²) >= 11 is 1.33. The number of aromatic nitrogens is 2. The molecule has 0 bridgehead atoms. The summed E-state index contributed by atoms with van der Waals surface area (Å²) in [6.45, 7) is 1.89. The van der Waals surface area contributed by atoms with Crippen LogP contribution in [0.15, 0.2) is 5.38 Å². The number of hydrogen-bond donors (Lipinski definition) is 1. The molecule has 0 aromatic carbocycles. The summed E-state index contributed by atoms with van der Waals surface area (Å²) in [5.74, 6) is 0. The van der Waals surface area contributed by atoms with Crippen LogP contribution in [0.3, 0.4) is 0 Å². The highest BCUT2D eigenvalue weighted by Gasteiger charge is 1.99. The van der Waals surface area contributed by atoms with E-state index in [0.29, 0.717) is 0 Å². The number of halogens is 1. The molecule has 3 nitrogen and oxygen atoms in total. The molecule has 2 N–H and O–H groups in total. The van der Waals surface area contributed by atoms with E-state index in [9.17, 15) is 0 Å². The first kappa shape index (κ1) is 8.81. The Bertz CT molecular complexity index is 151. The van der Waals surface area contributed by atoms with Crippen molar-refractivity contribution in [2.75, 3.05) is 0 Å². The highest BCUT2D eigenvalue weighted by atomic mass is 35.5. The van der Waals surface area contributed by atoms with E-state index >= 15 is 0 Å². The van der Waals surface area contributed by atoms with Crippen molar-refractivity contribution in [3.8, 4) is 0 Å². The molecule has 0 aliphatic carbocycles. The molecule has 1 aromatic rings. The molecular formula is C4H8ClN3S. The highest BCUT2D eigenvalue weighted by molar-refractivity contribution is 7.03. The van der Waals surface area contributed by atoms with Gasteiger partial charge in [-0.05, 0) is 18.5 Å². The molecule has 0 amide bonds. The van der Waals surface area contributed by atoms with E-state index in [1.54, 1.807) is 0 Å². The van der Waals surface area contributed by atoms with Crippen molar-refractivity contribution < 1.29 is 0 Å². The third-order valence-corrected chi connectivity index (χ3v) is 1.37. The van der Waals surface area contributed by atoms with Gasteiger partial charge >= 0.3 is 0 Å². The minimum atomic E-state index is 0. The first-order chi connectivity index (χ1) is 3.80. The third kappa shape index (κ3) is 2.26. The fourth-order valence-electron chi connectivity index (χ4n) is 0.370. The molecule has 0 saturated heterocycles. The molecule has 1 aromatic heterocycles. The Balaban J connectivity index is 0.000000640. The summed E-state index contributed by atoms with van der Waals surface area (Å²) < 4.78 is 3.66. The number of rotatable bonds is 1. The quantitative estimate of drug-likeness (QED) is 0.675. The predicted molar refractivity (Wildman–Crippen MR) is 39.8 cm³/mol. The molecule has 1 atom stereocenters. The zero-order valence-electron chi connectivity index (χ0n) is 4.94. The van der Waals surface area contributed by atoms with Crippen molar-refractivity contribution >= 4 is 23.9 Å². The summed E-state index contributed by atoms with van der Waals surface area (Å²) in [6.07, 6.45) is 0. The summed E-state index contributed by atoms with van der Waals surface area (Å²) in [6, 6.07) is 0.0220.